The number of ether oxygens (including phenoxy) is 1. The second kappa shape index (κ2) is 7.29. The van der Waals surface area contributed by atoms with Crippen molar-refractivity contribution in [3.05, 3.63) is 81.9 Å². The van der Waals surface area contributed by atoms with Gasteiger partial charge in [-0.15, -0.1) is 0 Å². The van der Waals surface area contributed by atoms with E-state index >= 15 is 0 Å². The minimum Gasteiger partial charge on any atom is -0.487 e. The number of imidazole rings is 1. The molecule has 30 heavy (non-hydrogen) atoms. The molecule has 154 valence electrons. The smallest absolute Gasteiger partial charge is 0.293 e. The molecule has 2 heterocycles. The fourth-order valence-electron chi connectivity index (χ4n) is 3.78. The van der Waals surface area contributed by atoms with Crippen molar-refractivity contribution in [2.75, 3.05) is 5.32 Å². The van der Waals surface area contributed by atoms with Crippen LogP contribution in [0.25, 0.3) is 0 Å². The molecule has 0 saturated carbocycles. The van der Waals surface area contributed by atoms with Crippen molar-refractivity contribution in [2.45, 2.75) is 31.9 Å². The average molecular weight is 406 g/mol. The van der Waals surface area contributed by atoms with Crippen LogP contribution in [-0.2, 0) is 7.05 Å². The number of para-hydroxylation sites is 1. The number of nitro groups is 1. The maximum Gasteiger partial charge on any atom is 0.293 e. The molecular weight excluding hydrogens is 384 g/mol. The third kappa shape index (κ3) is 3.63. The molecule has 1 N–H and O–H groups in total. The number of nitro benzene ring substituents is 1. The number of nitrogens with one attached hydrogen (secondary N) is 1. The van der Waals surface area contributed by atoms with E-state index in [1.54, 1.807) is 29.9 Å². The summed E-state index contributed by atoms with van der Waals surface area (Å²) in [6, 6.07) is 12.0. The number of carbonyl (C=O) groups excluding carboxylic acids is 1. The van der Waals surface area contributed by atoms with Gasteiger partial charge < -0.3 is 14.6 Å². The lowest BCUT2D eigenvalue weighted by Gasteiger charge is -2.38. The third-order valence-corrected chi connectivity index (χ3v) is 5.19. The molecule has 0 amide bonds. The Morgan fingerprint density at radius 1 is 1.30 bits per heavy atom. The molecule has 1 aliphatic rings. The van der Waals surface area contributed by atoms with E-state index in [-0.39, 0.29) is 28.9 Å². The van der Waals surface area contributed by atoms with Crippen molar-refractivity contribution in [1.82, 2.24) is 9.55 Å². The number of aryl methyl sites for hydroxylation is 1. The highest BCUT2D eigenvalue weighted by molar-refractivity contribution is 6.07. The van der Waals surface area contributed by atoms with E-state index in [1.165, 1.54) is 12.3 Å². The van der Waals surface area contributed by atoms with Gasteiger partial charge in [-0.25, -0.2) is 4.98 Å². The van der Waals surface area contributed by atoms with Crippen LogP contribution >= 0.6 is 0 Å². The van der Waals surface area contributed by atoms with Gasteiger partial charge in [-0.05, 0) is 32.0 Å². The Kier molecular flexibility index (Phi) is 4.77. The van der Waals surface area contributed by atoms with Crippen molar-refractivity contribution >= 4 is 17.2 Å². The third-order valence-electron chi connectivity index (χ3n) is 5.19. The minimum absolute atomic E-state index is 0.156. The summed E-state index contributed by atoms with van der Waals surface area (Å²) in [4.78, 5) is 28.0. The van der Waals surface area contributed by atoms with Crippen molar-refractivity contribution in [3.63, 3.8) is 0 Å². The summed E-state index contributed by atoms with van der Waals surface area (Å²) in [5.41, 5.74) is 0.939. The number of nitrogens with zero attached hydrogens (tertiary/aromatic N) is 3. The molecule has 4 rings (SSSR count). The number of aromatic nitrogens is 2. The first-order valence-electron chi connectivity index (χ1n) is 9.60. The number of hydrogen-bond donors (Lipinski definition) is 1. The SMILES string of the molecule is Cn1ccnc1C(=O)c1ccc(NC2CC(C)(C)Oc3ccccc32)c([N+](=O)[O-])c1. The van der Waals surface area contributed by atoms with Gasteiger partial charge in [0, 0.05) is 43.1 Å². The number of ketones is 1. The number of fused-ring (bicyclic) bond motifs is 1. The number of rotatable bonds is 5. The maximum atomic E-state index is 12.7. The largest absolute Gasteiger partial charge is 0.487 e. The highest BCUT2D eigenvalue weighted by Gasteiger charge is 2.34. The van der Waals surface area contributed by atoms with Crippen LogP contribution in [-0.4, -0.2) is 25.9 Å². The van der Waals surface area contributed by atoms with Crippen LogP contribution in [0.4, 0.5) is 11.4 Å². The fraction of sp³-hybridized carbons (Fsp3) is 0.273. The van der Waals surface area contributed by atoms with Gasteiger partial charge in [-0.2, -0.15) is 0 Å². The van der Waals surface area contributed by atoms with Gasteiger partial charge in [0.1, 0.15) is 17.0 Å². The topological polar surface area (TPSA) is 99.3 Å². The zero-order chi connectivity index (χ0) is 21.5. The maximum absolute atomic E-state index is 12.7. The van der Waals surface area contributed by atoms with Crippen molar-refractivity contribution in [1.29, 1.82) is 0 Å². The van der Waals surface area contributed by atoms with Gasteiger partial charge in [0.25, 0.3) is 5.69 Å². The summed E-state index contributed by atoms with van der Waals surface area (Å²) >= 11 is 0. The highest BCUT2D eigenvalue weighted by Crippen LogP contribution is 2.42. The van der Waals surface area contributed by atoms with Gasteiger partial charge in [-0.1, -0.05) is 18.2 Å². The lowest BCUT2D eigenvalue weighted by atomic mass is 9.89. The zero-order valence-electron chi connectivity index (χ0n) is 17.0. The van der Waals surface area contributed by atoms with Crippen LogP contribution in [0, 0.1) is 10.1 Å². The second-order valence-electron chi connectivity index (χ2n) is 7.98. The van der Waals surface area contributed by atoms with E-state index in [2.05, 4.69) is 10.3 Å². The van der Waals surface area contributed by atoms with Crippen LogP contribution in [0.1, 0.15) is 48.1 Å². The molecule has 0 aliphatic carbocycles. The molecule has 8 nitrogen and oxygen atoms in total. The molecule has 8 heteroatoms. The molecule has 0 spiro atoms. The molecular formula is C22H22N4O4. The Bertz CT molecular complexity index is 1140. The van der Waals surface area contributed by atoms with E-state index in [0.29, 0.717) is 12.1 Å². The van der Waals surface area contributed by atoms with Crippen LogP contribution in [0.2, 0.25) is 0 Å². The highest BCUT2D eigenvalue weighted by atomic mass is 16.6. The molecule has 1 unspecified atom stereocenters. The van der Waals surface area contributed by atoms with Gasteiger partial charge in [0.15, 0.2) is 5.82 Å². The van der Waals surface area contributed by atoms with E-state index in [4.69, 9.17) is 4.74 Å². The van der Waals surface area contributed by atoms with Crippen molar-refractivity contribution in [3.8, 4) is 5.75 Å². The van der Waals surface area contributed by atoms with Crippen LogP contribution < -0.4 is 10.1 Å². The van der Waals surface area contributed by atoms with Gasteiger partial charge in [0.2, 0.25) is 5.78 Å². The van der Waals surface area contributed by atoms with E-state index in [9.17, 15) is 14.9 Å². The summed E-state index contributed by atoms with van der Waals surface area (Å²) in [7, 11) is 1.70. The second-order valence-corrected chi connectivity index (χ2v) is 7.98. The minimum atomic E-state index is -0.478. The number of anilines is 1. The van der Waals surface area contributed by atoms with E-state index in [0.717, 1.165) is 11.3 Å². The summed E-state index contributed by atoms with van der Waals surface area (Å²) in [6.45, 7) is 3.97. The van der Waals surface area contributed by atoms with Crippen LogP contribution in [0.15, 0.2) is 54.9 Å². The first kappa shape index (κ1) is 19.6. The standard InChI is InChI=1S/C22H22N4O4/c1-22(2)13-17(15-6-4-5-7-19(15)30-22)24-16-9-8-14(12-18(16)26(28)29)20(27)21-23-10-11-25(21)3/h4-12,17,24H,13H2,1-3H3. The number of benzene rings is 2. The summed E-state index contributed by atoms with van der Waals surface area (Å²) in [6.07, 6.45) is 3.80. The summed E-state index contributed by atoms with van der Waals surface area (Å²) < 4.78 is 7.62. The number of hydrogen-bond acceptors (Lipinski definition) is 6. The number of carbonyl (C=O) groups is 1. The predicted molar refractivity (Wildman–Crippen MR) is 112 cm³/mol. The van der Waals surface area contributed by atoms with Gasteiger partial charge in [-0.3, -0.25) is 14.9 Å². The first-order chi connectivity index (χ1) is 14.2. The normalized spacial score (nSPS) is 17.0. The van der Waals surface area contributed by atoms with E-state index < -0.39 is 10.5 Å². The molecule has 0 saturated heterocycles. The lowest BCUT2D eigenvalue weighted by Crippen LogP contribution is -2.37. The Morgan fingerprint density at radius 2 is 2.07 bits per heavy atom. The molecule has 0 bridgehead atoms. The zero-order valence-corrected chi connectivity index (χ0v) is 17.0. The van der Waals surface area contributed by atoms with Crippen molar-refractivity contribution < 1.29 is 14.5 Å². The average Bonchev–Trinajstić information content (AvgIpc) is 3.12. The molecule has 0 radical (unpaired) electrons. The monoisotopic (exact) mass is 406 g/mol. The molecule has 2 aromatic carbocycles. The lowest BCUT2D eigenvalue weighted by molar-refractivity contribution is -0.384. The van der Waals surface area contributed by atoms with E-state index in [1.807, 2.05) is 38.1 Å². The van der Waals surface area contributed by atoms with Crippen LogP contribution in [0.3, 0.4) is 0 Å². The van der Waals surface area contributed by atoms with Gasteiger partial charge >= 0.3 is 0 Å². The quantitative estimate of drug-likeness (QED) is 0.386. The molecule has 1 aliphatic heterocycles. The molecule has 3 aromatic rings. The molecule has 1 atom stereocenters. The van der Waals surface area contributed by atoms with Crippen LogP contribution in [0.5, 0.6) is 5.75 Å². The Hall–Kier alpha value is -3.68. The molecule has 1 aromatic heterocycles. The Balaban J connectivity index is 1.69. The Labute approximate surface area is 173 Å². The summed E-state index contributed by atoms with van der Waals surface area (Å²) in [5, 5.41) is 15.1. The summed E-state index contributed by atoms with van der Waals surface area (Å²) in [5.74, 6) is 0.621. The Morgan fingerprint density at radius 3 is 2.77 bits per heavy atom. The van der Waals surface area contributed by atoms with Gasteiger partial charge in [0.05, 0.1) is 11.0 Å². The first-order valence-corrected chi connectivity index (χ1v) is 9.60. The molecule has 0 fully saturated rings. The fourth-order valence-corrected chi connectivity index (χ4v) is 3.78. The van der Waals surface area contributed by atoms with Crippen molar-refractivity contribution in [2.24, 2.45) is 7.05 Å². The predicted octanol–water partition coefficient (Wildman–Crippen LogP) is 4.27.